The van der Waals surface area contributed by atoms with Crippen LogP contribution >= 0.6 is 23.2 Å². The van der Waals surface area contributed by atoms with Gasteiger partial charge in [-0.15, -0.1) is 11.6 Å². The first kappa shape index (κ1) is 11.4. The SMILES string of the molecule is O=C(CCl)C(F)(F)c1ccccc1Cl. The number of carbonyl (C=O) groups is 1. The molecule has 0 aliphatic rings. The molecular formula is C9H6Cl2F2O. The Bertz CT molecular complexity index is 352. The molecule has 1 aromatic rings. The molecule has 0 amide bonds. The molecule has 0 spiro atoms. The van der Waals surface area contributed by atoms with Crippen LogP contribution in [0.1, 0.15) is 5.56 Å². The van der Waals surface area contributed by atoms with E-state index in [1.165, 1.54) is 18.2 Å². The molecule has 5 heteroatoms. The highest BCUT2D eigenvalue weighted by Gasteiger charge is 2.41. The summed E-state index contributed by atoms with van der Waals surface area (Å²) in [7, 11) is 0. The Hall–Kier alpha value is -0.670. The summed E-state index contributed by atoms with van der Waals surface area (Å²) in [4.78, 5) is 10.8. The maximum atomic E-state index is 13.3. The molecule has 0 aliphatic heterocycles. The van der Waals surface area contributed by atoms with Gasteiger partial charge in [0.1, 0.15) is 0 Å². The minimum Gasteiger partial charge on any atom is -0.291 e. The predicted octanol–water partition coefficient (Wildman–Crippen LogP) is 3.24. The first-order chi connectivity index (χ1) is 6.50. The molecular weight excluding hydrogens is 233 g/mol. The van der Waals surface area contributed by atoms with Crippen molar-refractivity contribution in [2.75, 3.05) is 5.88 Å². The number of halogens is 4. The van der Waals surface area contributed by atoms with E-state index in [1.807, 2.05) is 0 Å². The Morgan fingerprint density at radius 1 is 1.36 bits per heavy atom. The van der Waals surface area contributed by atoms with Crippen molar-refractivity contribution < 1.29 is 13.6 Å². The van der Waals surface area contributed by atoms with E-state index in [-0.39, 0.29) is 5.02 Å². The van der Waals surface area contributed by atoms with Crippen LogP contribution < -0.4 is 0 Å². The van der Waals surface area contributed by atoms with Crippen LogP contribution in [0, 0.1) is 0 Å². The second kappa shape index (κ2) is 4.24. The average molecular weight is 239 g/mol. The summed E-state index contributed by atoms with van der Waals surface area (Å²) >= 11 is 10.6. The summed E-state index contributed by atoms with van der Waals surface area (Å²) in [5.74, 6) is -5.70. The maximum Gasteiger partial charge on any atom is 0.333 e. The zero-order valence-corrected chi connectivity index (χ0v) is 8.45. The fraction of sp³-hybridized carbons (Fsp3) is 0.222. The van der Waals surface area contributed by atoms with E-state index in [1.54, 1.807) is 0 Å². The number of carbonyl (C=O) groups excluding carboxylic acids is 1. The van der Waals surface area contributed by atoms with Crippen molar-refractivity contribution in [2.45, 2.75) is 5.92 Å². The van der Waals surface area contributed by atoms with E-state index in [0.29, 0.717) is 0 Å². The zero-order chi connectivity index (χ0) is 10.8. The summed E-state index contributed by atoms with van der Waals surface area (Å²) in [6, 6.07) is 5.29. The molecule has 0 fully saturated rings. The van der Waals surface area contributed by atoms with Crippen molar-refractivity contribution in [3.8, 4) is 0 Å². The van der Waals surface area contributed by atoms with E-state index >= 15 is 0 Å². The Morgan fingerprint density at radius 3 is 2.43 bits per heavy atom. The summed E-state index contributed by atoms with van der Waals surface area (Å²) in [6.07, 6.45) is 0. The Morgan fingerprint density at radius 2 is 1.93 bits per heavy atom. The lowest BCUT2D eigenvalue weighted by atomic mass is 10.1. The van der Waals surface area contributed by atoms with Crippen molar-refractivity contribution in [2.24, 2.45) is 0 Å². The smallest absolute Gasteiger partial charge is 0.291 e. The fourth-order valence-electron chi connectivity index (χ4n) is 0.950. The first-order valence-electron chi connectivity index (χ1n) is 3.72. The quantitative estimate of drug-likeness (QED) is 0.740. The van der Waals surface area contributed by atoms with E-state index in [0.717, 1.165) is 6.07 Å². The van der Waals surface area contributed by atoms with Gasteiger partial charge in [-0.05, 0) is 6.07 Å². The lowest BCUT2D eigenvalue weighted by Gasteiger charge is -2.14. The van der Waals surface area contributed by atoms with Crippen LogP contribution in [0.2, 0.25) is 5.02 Å². The standard InChI is InChI=1S/C9H6Cl2F2O/c10-5-8(14)9(12,13)6-3-1-2-4-7(6)11/h1-4H,5H2. The molecule has 0 unspecified atom stereocenters. The van der Waals surface area contributed by atoms with Gasteiger partial charge in [-0.3, -0.25) is 4.79 Å². The van der Waals surface area contributed by atoms with Gasteiger partial charge in [-0.1, -0.05) is 29.8 Å². The highest BCUT2D eigenvalue weighted by Crippen LogP contribution is 2.34. The van der Waals surface area contributed by atoms with Crippen LogP contribution in [-0.4, -0.2) is 11.7 Å². The number of hydrogen-bond donors (Lipinski definition) is 0. The second-order valence-electron chi connectivity index (χ2n) is 2.61. The highest BCUT2D eigenvalue weighted by atomic mass is 35.5. The van der Waals surface area contributed by atoms with Crippen molar-refractivity contribution in [1.29, 1.82) is 0 Å². The summed E-state index contributed by atoms with van der Waals surface area (Å²) in [5, 5.41) is -0.143. The third-order valence-corrected chi connectivity index (χ3v) is 2.26. The van der Waals surface area contributed by atoms with E-state index in [4.69, 9.17) is 23.2 Å². The third-order valence-electron chi connectivity index (χ3n) is 1.68. The molecule has 0 bridgehead atoms. The minimum absolute atomic E-state index is 0.143. The number of benzene rings is 1. The molecule has 14 heavy (non-hydrogen) atoms. The Balaban J connectivity index is 3.16. The van der Waals surface area contributed by atoms with Crippen molar-refractivity contribution >= 4 is 29.0 Å². The number of rotatable bonds is 3. The van der Waals surface area contributed by atoms with Gasteiger partial charge in [-0.2, -0.15) is 8.78 Å². The number of alkyl halides is 3. The molecule has 76 valence electrons. The highest BCUT2D eigenvalue weighted by molar-refractivity contribution is 6.32. The average Bonchev–Trinajstić information content (AvgIpc) is 2.17. The van der Waals surface area contributed by atoms with Crippen molar-refractivity contribution in [3.63, 3.8) is 0 Å². The minimum atomic E-state index is -3.61. The van der Waals surface area contributed by atoms with Gasteiger partial charge in [0, 0.05) is 5.56 Å². The molecule has 1 nitrogen and oxygen atoms in total. The van der Waals surface area contributed by atoms with E-state index in [2.05, 4.69) is 0 Å². The Kier molecular flexibility index (Phi) is 3.45. The van der Waals surface area contributed by atoms with Gasteiger partial charge >= 0.3 is 5.92 Å². The zero-order valence-electron chi connectivity index (χ0n) is 6.94. The van der Waals surface area contributed by atoms with Gasteiger partial charge < -0.3 is 0 Å². The Labute approximate surface area is 89.6 Å². The van der Waals surface area contributed by atoms with Gasteiger partial charge in [0.05, 0.1) is 10.9 Å². The fourth-order valence-corrected chi connectivity index (χ4v) is 1.37. The lowest BCUT2D eigenvalue weighted by molar-refractivity contribution is -0.141. The molecule has 1 rings (SSSR count). The normalized spacial score (nSPS) is 11.4. The largest absolute Gasteiger partial charge is 0.333 e. The third kappa shape index (κ3) is 2.04. The number of Topliss-reactive ketones (excluding diaryl/α,β-unsaturated/α-hetero) is 1. The van der Waals surface area contributed by atoms with Crippen LogP contribution in [0.15, 0.2) is 24.3 Å². The van der Waals surface area contributed by atoms with Gasteiger partial charge in [0.25, 0.3) is 0 Å². The van der Waals surface area contributed by atoms with Gasteiger partial charge in [-0.25, -0.2) is 0 Å². The van der Waals surface area contributed by atoms with Gasteiger partial charge in [0.15, 0.2) is 0 Å². The van der Waals surface area contributed by atoms with Crippen LogP contribution in [0.4, 0.5) is 8.78 Å². The van der Waals surface area contributed by atoms with Crippen molar-refractivity contribution in [3.05, 3.63) is 34.9 Å². The van der Waals surface area contributed by atoms with Crippen LogP contribution in [0.5, 0.6) is 0 Å². The number of hydrogen-bond acceptors (Lipinski definition) is 1. The van der Waals surface area contributed by atoms with E-state index in [9.17, 15) is 13.6 Å². The molecule has 0 aliphatic carbocycles. The predicted molar refractivity (Wildman–Crippen MR) is 51.1 cm³/mol. The van der Waals surface area contributed by atoms with Gasteiger partial charge in [0.2, 0.25) is 5.78 Å². The maximum absolute atomic E-state index is 13.3. The topological polar surface area (TPSA) is 17.1 Å². The molecule has 0 N–H and O–H groups in total. The summed E-state index contributed by atoms with van der Waals surface area (Å²) < 4.78 is 26.6. The second-order valence-corrected chi connectivity index (χ2v) is 3.29. The van der Waals surface area contributed by atoms with Crippen molar-refractivity contribution in [1.82, 2.24) is 0 Å². The van der Waals surface area contributed by atoms with Crippen LogP contribution in [0.3, 0.4) is 0 Å². The molecule has 0 saturated heterocycles. The summed E-state index contributed by atoms with van der Waals surface area (Å²) in [6.45, 7) is 0. The molecule has 1 aromatic carbocycles. The molecule has 0 heterocycles. The molecule has 0 radical (unpaired) electrons. The lowest BCUT2D eigenvalue weighted by Crippen LogP contribution is -2.27. The monoisotopic (exact) mass is 238 g/mol. The molecule has 0 atom stereocenters. The molecule has 0 aromatic heterocycles. The van der Waals surface area contributed by atoms with E-state index < -0.39 is 23.1 Å². The number of ketones is 1. The first-order valence-corrected chi connectivity index (χ1v) is 4.63. The van der Waals surface area contributed by atoms with Crippen LogP contribution in [0.25, 0.3) is 0 Å². The summed E-state index contributed by atoms with van der Waals surface area (Å²) in [5.41, 5.74) is -0.507. The molecule has 0 saturated carbocycles. The van der Waals surface area contributed by atoms with Crippen LogP contribution in [-0.2, 0) is 10.7 Å².